The summed E-state index contributed by atoms with van der Waals surface area (Å²) < 4.78 is 5.49. The van der Waals surface area contributed by atoms with E-state index >= 15 is 0 Å². The van der Waals surface area contributed by atoms with Crippen LogP contribution in [0, 0.1) is 0 Å². The van der Waals surface area contributed by atoms with Crippen molar-refractivity contribution in [2.75, 3.05) is 26.3 Å². The van der Waals surface area contributed by atoms with Gasteiger partial charge in [-0.2, -0.15) is 0 Å². The number of benzene rings is 1. The molecule has 19 heavy (non-hydrogen) atoms. The predicted octanol–water partition coefficient (Wildman–Crippen LogP) is 1.42. The number of halogens is 1. The molecule has 106 valence electrons. The van der Waals surface area contributed by atoms with Crippen LogP contribution in [0.3, 0.4) is 0 Å². The first-order chi connectivity index (χ1) is 9.13. The summed E-state index contributed by atoms with van der Waals surface area (Å²) in [6.45, 7) is 4.10. The number of nitrogens with zero attached hydrogens (tertiary/aromatic N) is 1. The van der Waals surface area contributed by atoms with E-state index < -0.39 is 0 Å². The lowest BCUT2D eigenvalue weighted by atomic mass is 9.98. The van der Waals surface area contributed by atoms with Crippen LogP contribution in [0.4, 0.5) is 0 Å². The molecule has 1 fully saturated rings. The van der Waals surface area contributed by atoms with Gasteiger partial charge >= 0.3 is 0 Å². The summed E-state index contributed by atoms with van der Waals surface area (Å²) in [4.78, 5) is 2.25. The first kappa shape index (κ1) is 14.8. The van der Waals surface area contributed by atoms with E-state index in [0.717, 1.165) is 17.1 Å². The molecule has 1 saturated heterocycles. The summed E-state index contributed by atoms with van der Waals surface area (Å²) in [6.07, 6.45) is -0.141. The molecule has 3 unspecified atom stereocenters. The molecular formula is C14H21ClN2O2. The second kappa shape index (κ2) is 6.68. The maximum absolute atomic E-state index is 9.25. The zero-order chi connectivity index (χ0) is 13.8. The van der Waals surface area contributed by atoms with Crippen molar-refractivity contribution >= 4 is 11.6 Å². The number of aliphatic hydroxyl groups excluding tert-OH is 1. The zero-order valence-electron chi connectivity index (χ0n) is 11.1. The molecule has 0 radical (unpaired) electrons. The van der Waals surface area contributed by atoms with Gasteiger partial charge in [0.25, 0.3) is 0 Å². The Labute approximate surface area is 119 Å². The SMILES string of the molecule is CC(N)C(c1ccccc1Cl)N1CCOC(CO)C1. The van der Waals surface area contributed by atoms with Crippen molar-refractivity contribution in [2.45, 2.75) is 25.1 Å². The minimum absolute atomic E-state index is 0.0324. The van der Waals surface area contributed by atoms with Crippen LogP contribution in [0.25, 0.3) is 0 Å². The fourth-order valence-corrected chi connectivity index (χ4v) is 2.88. The Morgan fingerprint density at radius 1 is 1.53 bits per heavy atom. The predicted molar refractivity (Wildman–Crippen MR) is 76.2 cm³/mol. The van der Waals surface area contributed by atoms with Crippen molar-refractivity contribution in [2.24, 2.45) is 5.73 Å². The third-order valence-corrected chi connectivity index (χ3v) is 3.83. The van der Waals surface area contributed by atoms with Crippen molar-refractivity contribution in [3.8, 4) is 0 Å². The third kappa shape index (κ3) is 3.46. The highest BCUT2D eigenvalue weighted by atomic mass is 35.5. The Bertz CT molecular complexity index is 414. The minimum atomic E-state index is -0.141. The van der Waals surface area contributed by atoms with E-state index in [1.54, 1.807) is 0 Å². The molecule has 0 bridgehead atoms. The highest BCUT2D eigenvalue weighted by Crippen LogP contribution is 2.30. The molecule has 0 aliphatic carbocycles. The van der Waals surface area contributed by atoms with Gasteiger partial charge in [0.15, 0.2) is 0 Å². The van der Waals surface area contributed by atoms with Gasteiger partial charge in [0.05, 0.1) is 25.4 Å². The van der Waals surface area contributed by atoms with Crippen LogP contribution in [0.15, 0.2) is 24.3 Å². The van der Waals surface area contributed by atoms with Gasteiger partial charge in [-0.05, 0) is 18.6 Å². The maximum atomic E-state index is 9.25. The van der Waals surface area contributed by atoms with E-state index in [0.29, 0.717) is 13.2 Å². The number of rotatable bonds is 4. The smallest absolute Gasteiger partial charge is 0.0933 e. The molecule has 4 nitrogen and oxygen atoms in total. The van der Waals surface area contributed by atoms with Gasteiger partial charge in [-0.25, -0.2) is 0 Å². The van der Waals surface area contributed by atoms with Crippen molar-refractivity contribution < 1.29 is 9.84 Å². The largest absolute Gasteiger partial charge is 0.394 e. The van der Waals surface area contributed by atoms with Gasteiger partial charge in [-0.15, -0.1) is 0 Å². The summed E-state index contributed by atoms with van der Waals surface area (Å²) >= 11 is 6.29. The zero-order valence-corrected chi connectivity index (χ0v) is 11.9. The standard InChI is InChI=1S/C14H21ClN2O2/c1-10(16)14(12-4-2-3-5-13(12)15)17-6-7-19-11(8-17)9-18/h2-5,10-11,14,18H,6-9,16H2,1H3. The van der Waals surface area contributed by atoms with Crippen molar-refractivity contribution in [1.29, 1.82) is 0 Å². The highest BCUT2D eigenvalue weighted by molar-refractivity contribution is 6.31. The maximum Gasteiger partial charge on any atom is 0.0933 e. The van der Waals surface area contributed by atoms with E-state index in [1.165, 1.54) is 0 Å². The third-order valence-electron chi connectivity index (χ3n) is 3.49. The molecule has 0 aromatic heterocycles. The highest BCUT2D eigenvalue weighted by Gasteiger charge is 2.30. The average Bonchev–Trinajstić information content (AvgIpc) is 2.41. The topological polar surface area (TPSA) is 58.7 Å². The summed E-state index contributed by atoms with van der Waals surface area (Å²) in [5.74, 6) is 0. The lowest BCUT2D eigenvalue weighted by Gasteiger charge is -2.40. The van der Waals surface area contributed by atoms with Crippen LogP contribution in [-0.4, -0.2) is 48.5 Å². The second-order valence-electron chi connectivity index (χ2n) is 5.00. The summed E-state index contributed by atoms with van der Waals surface area (Å²) in [7, 11) is 0. The van der Waals surface area contributed by atoms with Gasteiger partial charge in [0.1, 0.15) is 0 Å². The first-order valence-electron chi connectivity index (χ1n) is 6.60. The number of hydrogen-bond donors (Lipinski definition) is 2. The quantitative estimate of drug-likeness (QED) is 0.878. The Kier molecular flexibility index (Phi) is 5.19. The van der Waals surface area contributed by atoms with Crippen LogP contribution in [0.1, 0.15) is 18.5 Å². The van der Waals surface area contributed by atoms with Crippen molar-refractivity contribution in [3.05, 3.63) is 34.9 Å². The lowest BCUT2D eigenvalue weighted by molar-refractivity contribution is -0.0675. The molecule has 1 aliphatic rings. The van der Waals surface area contributed by atoms with Crippen LogP contribution >= 0.6 is 11.6 Å². The summed E-state index contributed by atoms with van der Waals surface area (Å²) in [6, 6.07) is 7.79. The molecular weight excluding hydrogens is 264 g/mol. The monoisotopic (exact) mass is 284 g/mol. The number of ether oxygens (including phenoxy) is 1. The molecule has 3 N–H and O–H groups in total. The number of aliphatic hydroxyl groups is 1. The van der Waals surface area contributed by atoms with Gasteiger partial charge in [-0.1, -0.05) is 29.8 Å². The molecule has 0 amide bonds. The van der Waals surface area contributed by atoms with Crippen LogP contribution in [0.5, 0.6) is 0 Å². The van der Waals surface area contributed by atoms with Gasteiger partial charge in [0.2, 0.25) is 0 Å². The van der Waals surface area contributed by atoms with E-state index in [-0.39, 0.29) is 24.8 Å². The van der Waals surface area contributed by atoms with E-state index in [2.05, 4.69) is 4.90 Å². The Morgan fingerprint density at radius 2 is 2.26 bits per heavy atom. The fraction of sp³-hybridized carbons (Fsp3) is 0.571. The second-order valence-corrected chi connectivity index (χ2v) is 5.40. The number of morpholine rings is 1. The van der Waals surface area contributed by atoms with E-state index in [1.807, 2.05) is 31.2 Å². The Hall–Kier alpha value is -0.650. The molecule has 0 spiro atoms. The minimum Gasteiger partial charge on any atom is -0.394 e. The Morgan fingerprint density at radius 3 is 2.89 bits per heavy atom. The molecule has 2 rings (SSSR count). The lowest BCUT2D eigenvalue weighted by Crippen LogP contribution is -2.49. The van der Waals surface area contributed by atoms with Crippen molar-refractivity contribution in [1.82, 2.24) is 4.90 Å². The normalized spacial score (nSPS) is 24.1. The van der Waals surface area contributed by atoms with E-state index in [4.69, 9.17) is 22.1 Å². The molecule has 1 heterocycles. The van der Waals surface area contributed by atoms with Gasteiger partial charge in [-0.3, -0.25) is 4.90 Å². The molecule has 1 aromatic rings. The fourth-order valence-electron chi connectivity index (χ4n) is 2.63. The molecule has 3 atom stereocenters. The van der Waals surface area contributed by atoms with Crippen LogP contribution < -0.4 is 5.73 Å². The summed E-state index contributed by atoms with van der Waals surface area (Å²) in [5.41, 5.74) is 7.19. The summed E-state index contributed by atoms with van der Waals surface area (Å²) in [5, 5.41) is 9.98. The van der Waals surface area contributed by atoms with Crippen LogP contribution in [-0.2, 0) is 4.74 Å². The molecule has 5 heteroatoms. The molecule has 1 aromatic carbocycles. The van der Waals surface area contributed by atoms with Gasteiger partial charge < -0.3 is 15.6 Å². The average molecular weight is 285 g/mol. The van der Waals surface area contributed by atoms with Crippen LogP contribution in [0.2, 0.25) is 5.02 Å². The van der Waals surface area contributed by atoms with Gasteiger partial charge in [0, 0.05) is 24.2 Å². The number of nitrogens with two attached hydrogens (primary N) is 1. The first-order valence-corrected chi connectivity index (χ1v) is 6.97. The number of hydrogen-bond acceptors (Lipinski definition) is 4. The Balaban J connectivity index is 2.23. The van der Waals surface area contributed by atoms with Crippen molar-refractivity contribution in [3.63, 3.8) is 0 Å². The van der Waals surface area contributed by atoms with E-state index in [9.17, 15) is 5.11 Å². The molecule has 1 aliphatic heterocycles. The molecule has 0 saturated carbocycles.